The maximum Gasteiger partial charge on any atom is 0.224 e. The van der Waals surface area contributed by atoms with Crippen LogP contribution in [0.4, 0.5) is 5.13 Å². The summed E-state index contributed by atoms with van der Waals surface area (Å²) in [7, 11) is 1.67. The summed E-state index contributed by atoms with van der Waals surface area (Å²) in [5.41, 5.74) is 0.989. The van der Waals surface area contributed by atoms with Gasteiger partial charge in [0.2, 0.25) is 5.91 Å². The zero-order valence-corrected chi connectivity index (χ0v) is 14.5. The summed E-state index contributed by atoms with van der Waals surface area (Å²) >= 11 is 1.67. The first-order valence-electron chi connectivity index (χ1n) is 8.18. The van der Waals surface area contributed by atoms with Crippen LogP contribution in [0.1, 0.15) is 26.2 Å². The fourth-order valence-electron chi connectivity index (χ4n) is 2.91. The van der Waals surface area contributed by atoms with Crippen LogP contribution in [0.5, 0.6) is 5.75 Å². The first kappa shape index (κ1) is 16.1. The number of hydrogen-bond acceptors (Lipinski definition) is 5. The second-order valence-corrected chi connectivity index (χ2v) is 6.92. The van der Waals surface area contributed by atoms with E-state index >= 15 is 0 Å². The number of methoxy groups -OCH3 is 1. The van der Waals surface area contributed by atoms with Gasteiger partial charge in [0.05, 0.1) is 23.2 Å². The highest BCUT2D eigenvalue weighted by atomic mass is 32.1. The maximum atomic E-state index is 12.2. The summed E-state index contributed by atoms with van der Waals surface area (Å²) < 4.78 is 6.40. The predicted molar refractivity (Wildman–Crippen MR) is 94.4 cm³/mol. The molecule has 1 aromatic carbocycles. The quantitative estimate of drug-likeness (QED) is 0.914. The molecule has 124 valence electrons. The molecule has 2 aromatic rings. The lowest BCUT2D eigenvalue weighted by Crippen LogP contribution is -2.43. The Balaban J connectivity index is 1.74. The third-order valence-electron chi connectivity index (χ3n) is 4.20. The zero-order valence-electron chi connectivity index (χ0n) is 13.7. The number of hydrogen-bond donors (Lipinski definition) is 1. The summed E-state index contributed by atoms with van der Waals surface area (Å²) in [5, 5.41) is 4.02. The van der Waals surface area contributed by atoms with E-state index in [1.807, 2.05) is 18.2 Å². The topological polar surface area (TPSA) is 54.5 Å². The summed E-state index contributed by atoms with van der Waals surface area (Å²) in [4.78, 5) is 19.2. The number of amides is 1. The van der Waals surface area contributed by atoms with Crippen LogP contribution < -0.4 is 15.0 Å². The number of carbonyl (C=O) groups excluding carboxylic acids is 1. The van der Waals surface area contributed by atoms with Crippen LogP contribution in [0.3, 0.4) is 0 Å². The maximum absolute atomic E-state index is 12.2. The van der Waals surface area contributed by atoms with E-state index in [1.165, 1.54) is 0 Å². The van der Waals surface area contributed by atoms with Gasteiger partial charge in [0.25, 0.3) is 0 Å². The number of fused-ring (bicyclic) bond motifs is 1. The molecule has 0 aliphatic carbocycles. The molecule has 1 saturated heterocycles. The van der Waals surface area contributed by atoms with Gasteiger partial charge in [-0.05, 0) is 37.5 Å². The van der Waals surface area contributed by atoms with Crippen molar-refractivity contribution >= 4 is 32.6 Å². The SMILES string of the molecule is CCCNC(=O)C1CCCN(c2nc3ccc(OC)cc3s2)C1. The van der Waals surface area contributed by atoms with Gasteiger partial charge in [-0.1, -0.05) is 18.3 Å². The Morgan fingerprint density at radius 2 is 2.39 bits per heavy atom. The average molecular weight is 333 g/mol. The fraction of sp³-hybridized carbons (Fsp3) is 0.529. The molecule has 0 radical (unpaired) electrons. The molecule has 23 heavy (non-hydrogen) atoms. The van der Waals surface area contributed by atoms with Crippen molar-refractivity contribution in [1.82, 2.24) is 10.3 Å². The molecule has 5 nitrogen and oxygen atoms in total. The molecule has 3 rings (SSSR count). The summed E-state index contributed by atoms with van der Waals surface area (Å²) in [5.74, 6) is 1.10. The molecule has 0 saturated carbocycles. The number of benzene rings is 1. The number of carbonyl (C=O) groups is 1. The third kappa shape index (κ3) is 3.58. The number of thiazole rings is 1. The van der Waals surface area contributed by atoms with Crippen molar-refractivity contribution in [2.45, 2.75) is 26.2 Å². The van der Waals surface area contributed by atoms with Crippen molar-refractivity contribution in [2.24, 2.45) is 5.92 Å². The van der Waals surface area contributed by atoms with E-state index in [-0.39, 0.29) is 11.8 Å². The minimum atomic E-state index is 0.0665. The largest absolute Gasteiger partial charge is 0.497 e. The standard InChI is InChI=1S/C17H23N3O2S/c1-3-8-18-16(21)12-5-4-9-20(11-12)17-19-14-7-6-13(22-2)10-15(14)23-17/h6-7,10,12H,3-5,8-9,11H2,1-2H3,(H,18,21). The Morgan fingerprint density at radius 3 is 3.17 bits per heavy atom. The van der Waals surface area contributed by atoms with Gasteiger partial charge in [-0.15, -0.1) is 0 Å². The highest BCUT2D eigenvalue weighted by Gasteiger charge is 2.27. The van der Waals surface area contributed by atoms with Gasteiger partial charge in [0.1, 0.15) is 5.75 Å². The van der Waals surface area contributed by atoms with Crippen LogP contribution in [-0.4, -0.2) is 37.6 Å². The minimum absolute atomic E-state index is 0.0665. The van der Waals surface area contributed by atoms with Gasteiger partial charge >= 0.3 is 0 Å². The second-order valence-electron chi connectivity index (χ2n) is 5.91. The monoisotopic (exact) mass is 333 g/mol. The lowest BCUT2D eigenvalue weighted by Gasteiger charge is -2.31. The molecule has 1 aliphatic rings. The molecule has 1 atom stereocenters. The van der Waals surface area contributed by atoms with Gasteiger partial charge in [0, 0.05) is 19.6 Å². The molecule has 0 spiro atoms. The smallest absolute Gasteiger partial charge is 0.224 e. The van der Waals surface area contributed by atoms with Crippen molar-refractivity contribution in [2.75, 3.05) is 31.6 Å². The average Bonchev–Trinajstić information content (AvgIpc) is 3.02. The third-order valence-corrected chi connectivity index (χ3v) is 5.28. The fourth-order valence-corrected chi connectivity index (χ4v) is 3.94. The number of nitrogens with one attached hydrogen (secondary N) is 1. The molecule has 1 unspecified atom stereocenters. The van der Waals surface area contributed by atoms with Crippen LogP contribution in [0.2, 0.25) is 0 Å². The van der Waals surface area contributed by atoms with Gasteiger partial charge in [0.15, 0.2) is 5.13 Å². The summed E-state index contributed by atoms with van der Waals surface area (Å²) in [6.45, 7) is 4.56. The number of aromatic nitrogens is 1. The van der Waals surface area contributed by atoms with Crippen LogP contribution in [0, 0.1) is 5.92 Å². The number of rotatable bonds is 5. The van der Waals surface area contributed by atoms with E-state index in [9.17, 15) is 4.79 Å². The molecule has 6 heteroatoms. The van der Waals surface area contributed by atoms with Crippen molar-refractivity contribution in [3.63, 3.8) is 0 Å². The van der Waals surface area contributed by atoms with Crippen molar-refractivity contribution < 1.29 is 9.53 Å². The van der Waals surface area contributed by atoms with E-state index in [1.54, 1.807) is 18.4 Å². The predicted octanol–water partition coefficient (Wildman–Crippen LogP) is 3.05. The van der Waals surface area contributed by atoms with E-state index in [0.717, 1.165) is 60.0 Å². The van der Waals surface area contributed by atoms with E-state index in [2.05, 4.69) is 17.1 Å². The molecular weight excluding hydrogens is 310 g/mol. The van der Waals surface area contributed by atoms with Gasteiger partial charge < -0.3 is 15.0 Å². The molecule has 1 fully saturated rings. The van der Waals surface area contributed by atoms with Gasteiger partial charge in [-0.2, -0.15) is 0 Å². The Morgan fingerprint density at radius 1 is 1.52 bits per heavy atom. The number of ether oxygens (including phenoxy) is 1. The lowest BCUT2D eigenvalue weighted by molar-refractivity contribution is -0.125. The Kier molecular flexibility index (Phi) is 5.00. The van der Waals surface area contributed by atoms with Crippen molar-refractivity contribution in [3.05, 3.63) is 18.2 Å². The van der Waals surface area contributed by atoms with Gasteiger partial charge in [-0.3, -0.25) is 4.79 Å². The van der Waals surface area contributed by atoms with Crippen LogP contribution in [-0.2, 0) is 4.79 Å². The normalized spacial score (nSPS) is 18.2. The Bertz CT molecular complexity index is 686. The van der Waals surface area contributed by atoms with Crippen molar-refractivity contribution in [3.8, 4) is 5.75 Å². The lowest BCUT2D eigenvalue weighted by atomic mass is 9.97. The van der Waals surface area contributed by atoms with Gasteiger partial charge in [-0.25, -0.2) is 4.98 Å². The van der Waals surface area contributed by atoms with Crippen LogP contribution in [0.25, 0.3) is 10.2 Å². The van der Waals surface area contributed by atoms with Crippen LogP contribution in [0.15, 0.2) is 18.2 Å². The molecular formula is C17H23N3O2S. The number of piperidine rings is 1. The number of nitrogens with zero attached hydrogens (tertiary/aromatic N) is 2. The molecule has 1 amide bonds. The molecule has 2 heterocycles. The Labute approximate surface area is 140 Å². The highest BCUT2D eigenvalue weighted by Crippen LogP contribution is 2.33. The second kappa shape index (κ2) is 7.17. The first-order chi connectivity index (χ1) is 11.2. The molecule has 1 N–H and O–H groups in total. The molecule has 1 aliphatic heterocycles. The van der Waals surface area contributed by atoms with Crippen molar-refractivity contribution in [1.29, 1.82) is 0 Å². The van der Waals surface area contributed by atoms with E-state index in [4.69, 9.17) is 9.72 Å². The van der Waals surface area contributed by atoms with E-state index in [0.29, 0.717) is 0 Å². The Hall–Kier alpha value is -1.82. The molecule has 0 bridgehead atoms. The van der Waals surface area contributed by atoms with Crippen LogP contribution >= 0.6 is 11.3 Å². The zero-order chi connectivity index (χ0) is 16.2. The summed E-state index contributed by atoms with van der Waals surface area (Å²) in [6.07, 6.45) is 2.97. The number of anilines is 1. The highest BCUT2D eigenvalue weighted by molar-refractivity contribution is 7.22. The summed E-state index contributed by atoms with van der Waals surface area (Å²) in [6, 6.07) is 5.94. The minimum Gasteiger partial charge on any atom is -0.497 e. The first-order valence-corrected chi connectivity index (χ1v) is 9.00. The van der Waals surface area contributed by atoms with E-state index < -0.39 is 0 Å². The molecule has 1 aromatic heterocycles.